The second-order valence-corrected chi connectivity index (χ2v) is 5.14. The Kier molecular flexibility index (Phi) is 3.31. The Hall–Kier alpha value is -2.08. The molecule has 6 heteroatoms. The minimum absolute atomic E-state index is 0.0795. The lowest BCUT2D eigenvalue weighted by Crippen LogP contribution is -2.48. The van der Waals surface area contributed by atoms with Crippen LogP contribution in [0.1, 0.15) is 5.56 Å². The van der Waals surface area contributed by atoms with Gasteiger partial charge in [-0.15, -0.1) is 0 Å². The molecule has 0 saturated carbocycles. The second kappa shape index (κ2) is 5.13. The average Bonchev–Trinajstić information content (AvgIpc) is 2.74. The molecule has 106 valence electrons. The first-order valence-corrected chi connectivity index (χ1v) is 6.81. The Morgan fingerprint density at radius 3 is 2.80 bits per heavy atom. The predicted octanol–water partition coefficient (Wildman–Crippen LogP) is 0.643. The molecule has 6 nitrogen and oxygen atoms in total. The summed E-state index contributed by atoms with van der Waals surface area (Å²) in [5, 5.41) is 6.11. The highest BCUT2D eigenvalue weighted by Gasteiger charge is 2.24. The summed E-state index contributed by atoms with van der Waals surface area (Å²) in [4.78, 5) is 27.2. The Morgan fingerprint density at radius 2 is 2.05 bits per heavy atom. The van der Waals surface area contributed by atoms with Crippen LogP contribution in [0.4, 0.5) is 16.2 Å². The predicted molar refractivity (Wildman–Crippen MR) is 77.0 cm³/mol. The zero-order chi connectivity index (χ0) is 14.1. The Morgan fingerprint density at radius 1 is 1.30 bits per heavy atom. The molecule has 1 aromatic carbocycles. The molecule has 1 fully saturated rings. The van der Waals surface area contributed by atoms with E-state index in [1.807, 2.05) is 18.2 Å². The summed E-state index contributed by atoms with van der Waals surface area (Å²) in [5.74, 6) is 0.0885. The van der Waals surface area contributed by atoms with E-state index in [0.717, 1.165) is 43.1 Å². The van der Waals surface area contributed by atoms with Gasteiger partial charge in [-0.25, -0.2) is 4.79 Å². The topological polar surface area (TPSA) is 64.7 Å². The lowest BCUT2D eigenvalue weighted by Gasteiger charge is -2.27. The van der Waals surface area contributed by atoms with Crippen LogP contribution in [0.25, 0.3) is 0 Å². The fourth-order valence-corrected chi connectivity index (χ4v) is 2.62. The van der Waals surface area contributed by atoms with Gasteiger partial charge in [-0.3, -0.25) is 4.79 Å². The van der Waals surface area contributed by atoms with Crippen molar-refractivity contribution < 1.29 is 9.59 Å². The number of nitrogens with zero attached hydrogens (tertiary/aromatic N) is 2. The van der Waals surface area contributed by atoms with Crippen molar-refractivity contribution in [1.29, 1.82) is 0 Å². The number of amides is 3. The van der Waals surface area contributed by atoms with E-state index >= 15 is 0 Å². The zero-order valence-electron chi connectivity index (χ0n) is 11.5. The summed E-state index contributed by atoms with van der Waals surface area (Å²) >= 11 is 0. The SMILES string of the molecule is CN1C(=O)Cc2cc(NC(=O)N3CCNCC3)ccc21. The molecule has 0 aliphatic carbocycles. The van der Waals surface area contributed by atoms with Gasteiger partial charge in [0.1, 0.15) is 0 Å². The molecular weight excluding hydrogens is 256 g/mol. The number of hydrogen-bond acceptors (Lipinski definition) is 3. The maximum Gasteiger partial charge on any atom is 0.321 e. The molecular formula is C14H18N4O2. The molecule has 0 bridgehead atoms. The van der Waals surface area contributed by atoms with Gasteiger partial charge < -0.3 is 20.4 Å². The molecule has 2 aliphatic rings. The highest BCUT2D eigenvalue weighted by Crippen LogP contribution is 2.30. The highest BCUT2D eigenvalue weighted by atomic mass is 16.2. The minimum atomic E-state index is -0.0795. The summed E-state index contributed by atoms with van der Waals surface area (Å²) in [6.07, 6.45) is 0.406. The molecule has 2 aliphatic heterocycles. The lowest BCUT2D eigenvalue weighted by atomic mass is 10.1. The van der Waals surface area contributed by atoms with Gasteiger partial charge in [-0.1, -0.05) is 0 Å². The second-order valence-electron chi connectivity index (χ2n) is 5.14. The molecule has 20 heavy (non-hydrogen) atoms. The number of rotatable bonds is 1. The van der Waals surface area contributed by atoms with Gasteiger partial charge >= 0.3 is 6.03 Å². The summed E-state index contributed by atoms with van der Waals surface area (Å²) < 4.78 is 0. The first-order valence-electron chi connectivity index (χ1n) is 6.81. The monoisotopic (exact) mass is 274 g/mol. The fraction of sp³-hybridized carbons (Fsp3) is 0.429. The molecule has 0 atom stereocenters. The molecule has 2 N–H and O–H groups in total. The number of benzene rings is 1. The van der Waals surface area contributed by atoms with Gasteiger partial charge in [0, 0.05) is 44.6 Å². The first-order chi connectivity index (χ1) is 9.65. The van der Waals surface area contributed by atoms with Crippen molar-refractivity contribution in [2.75, 3.05) is 43.4 Å². The van der Waals surface area contributed by atoms with Crippen molar-refractivity contribution in [3.05, 3.63) is 23.8 Å². The van der Waals surface area contributed by atoms with Crippen molar-refractivity contribution in [3.8, 4) is 0 Å². The number of anilines is 2. The molecule has 0 radical (unpaired) electrons. The molecule has 1 aromatic rings. The van der Waals surface area contributed by atoms with Crippen LogP contribution in [0, 0.1) is 0 Å². The van der Waals surface area contributed by atoms with Crippen molar-refractivity contribution >= 4 is 23.3 Å². The number of carbonyl (C=O) groups is 2. The van der Waals surface area contributed by atoms with Crippen LogP contribution >= 0.6 is 0 Å². The van der Waals surface area contributed by atoms with E-state index in [1.54, 1.807) is 16.8 Å². The lowest BCUT2D eigenvalue weighted by molar-refractivity contribution is -0.117. The van der Waals surface area contributed by atoms with Crippen LogP contribution in [0.3, 0.4) is 0 Å². The third-order valence-electron chi connectivity index (χ3n) is 3.81. The Balaban J connectivity index is 1.71. The molecule has 0 spiro atoms. The van der Waals surface area contributed by atoms with E-state index in [0.29, 0.717) is 6.42 Å². The van der Waals surface area contributed by atoms with Crippen LogP contribution in [0.2, 0.25) is 0 Å². The number of likely N-dealkylation sites (N-methyl/N-ethyl adjacent to an activating group) is 1. The highest BCUT2D eigenvalue weighted by molar-refractivity contribution is 6.01. The van der Waals surface area contributed by atoms with Crippen LogP contribution in [-0.4, -0.2) is 50.1 Å². The molecule has 0 aromatic heterocycles. The van der Waals surface area contributed by atoms with Crippen LogP contribution in [-0.2, 0) is 11.2 Å². The van der Waals surface area contributed by atoms with E-state index in [-0.39, 0.29) is 11.9 Å². The molecule has 2 heterocycles. The van der Waals surface area contributed by atoms with E-state index in [4.69, 9.17) is 0 Å². The summed E-state index contributed by atoms with van der Waals surface area (Å²) in [7, 11) is 1.77. The van der Waals surface area contributed by atoms with Gasteiger partial charge in [0.15, 0.2) is 0 Å². The first kappa shape index (κ1) is 12.9. The van der Waals surface area contributed by atoms with E-state index in [9.17, 15) is 9.59 Å². The van der Waals surface area contributed by atoms with Gasteiger partial charge in [-0.2, -0.15) is 0 Å². The van der Waals surface area contributed by atoms with Gasteiger partial charge in [-0.05, 0) is 23.8 Å². The molecule has 3 amide bonds. The number of carbonyl (C=O) groups excluding carboxylic acids is 2. The molecule has 3 rings (SSSR count). The summed E-state index contributed by atoms with van der Waals surface area (Å²) in [6.45, 7) is 3.10. The number of piperazine rings is 1. The zero-order valence-corrected chi connectivity index (χ0v) is 11.5. The average molecular weight is 274 g/mol. The van der Waals surface area contributed by atoms with E-state index in [2.05, 4.69) is 10.6 Å². The fourth-order valence-electron chi connectivity index (χ4n) is 2.62. The van der Waals surface area contributed by atoms with E-state index < -0.39 is 0 Å². The summed E-state index contributed by atoms with van der Waals surface area (Å²) in [6, 6.07) is 5.53. The standard InChI is InChI=1S/C14H18N4O2/c1-17-12-3-2-11(8-10(12)9-13(17)19)16-14(20)18-6-4-15-5-7-18/h2-3,8,15H,4-7,9H2,1H3,(H,16,20). The van der Waals surface area contributed by atoms with Crippen molar-refractivity contribution in [3.63, 3.8) is 0 Å². The Labute approximate surface area is 117 Å². The van der Waals surface area contributed by atoms with Crippen molar-refractivity contribution in [2.24, 2.45) is 0 Å². The van der Waals surface area contributed by atoms with Crippen molar-refractivity contribution in [1.82, 2.24) is 10.2 Å². The Bertz CT molecular complexity index is 552. The number of urea groups is 1. The number of nitrogens with one attached hydrogen (secondary N) is 2. The third-order valence-corrected chi connectivity index (χ3v) is 3.81. The van der Waals surface area contributed by atoms with Crippen LogP contribution < -0.4 is 15.5 Å². The van der Waals surface area contributed by atoms with E-state index in [1.165, 1.54) is 0 Å². The van der Waals surface area contributed by atoms with Gasteiger partial charge in [0.2, 0.25) is 5.91 Å². The summed E-state index contributed by atoms with van der Waals surface area (Å²) in [5.41, 5.74) is 2.64. The number of fused-ring (bicyclic) bond motifs is 1. The largest absolute Gasteiger partial charge is 0.322 e. The normalized spacial score (nSPS) is 18.1. The molecule has 1 saturated heterocycles. The smallest absolute Gasteiger partial charge is 0.321 e. The number of hydrogen-bond donors (Lipinski definition) is 2. The van der Waals surface area contributed by atoms with Gasteiger partial charge in [0.25, 0.3) is 0 Å². The maximum atomic E-state index is 12.1. The van der Waals surface area contributed by atoms with Crippen LogP contribution in [0.15, 0.2) is 18.2 Å². The minimum Gasteiger partial charge on any atom is -0.322 e. The molecule has 0 unspecified atom stereocenters. The third kappa shape index (κ3) is 2.34. The maximum absolute atomic E-state index is 12.1. The quantitative estimate of drug-likeness (QED) is 0.790. The van der Waals surface area contributed by atoms with Crippen LogP contribution in [0.5, 0.6) is 0 Å². The van der Waals surface area contributed by atoms with Gasteiger partial charge in [0.05, 0.1) is 6.42 Å². The van der Waals surface area contributed by atoms with Crippen molar-refractivity contribution in [2.45, 2.75) is 6.42 Å².